The molecule has 19 heavy (non-hydrogen) atoms. The van der Waals surface area contributed by atoms with Crippen LogP contribution in [0.4, 0.5) is 0 Å². The molecule has 0 fully saturated rings. The summed E-state index contributed by atoms with van der Waals surface area (Å²) in [7, 11) is 1.67. The maximum Gasteiger partial charge on any atom is 0.181 e. The minimum atomic E-state index is -0.223. The SMILES string of the molecule is COC1N=CCC=C1c1cccc(-c2cnco2)c1. The minimum absolute atomic E-state index is 0.223. The lowest BCUT2D eigenvalue weighted by Crippen LogP contribution is -2.13. The molecule has 4 heteroatoms. The number of hydrogen-bond acceptors (Lipinski definition) is 4. The summed E-state index contributed by atoms with van der Waals surface area (Å²) in [4.78, 5) is 8.29. The van der Waals surface area contributed by atoms with Crippen LogP contribution in [0.2, 0.25) is 0 Å². The highest BCUT2D eigenvalue weighted by Crippen LogP contribution is 2.28. The van der Waals surface area contributed by atoms with E-state index in [9.17, 15) is 0 Å². The van der Waals surface area contributed by atoms with E-state index in [0.29, 0.717) is 0 Å². The first-order valence-electron chi connectivity index (χ1n) is 6.12. The molecule has 96 valence electrons. The van der Waals surface area contributed by atoms with Crippen molar-refractivity contribution in [2.45, 2.75) is 12.6 Å². The zero-order valence-corrected chi connectivity index (χ0v) is 10.6. The van der Waals surface area contributed by atoms with Gasteiger partial charge in [0.1, 0.15) is 0 Å². The van der Waals surface area contributed by atoms with E-state index >= 15 is 0 Å². The Hall–Kier alpha value is -2.20. The minimum Gasteiger partial charge on any atom is -0.444 e. The molecule has 0 bridgehead atoms. The third kappa shape index (κ3) is 2.35. The van der Waals surface area contributed by atoms with E-state index in [2.05, 4.69) is 28.2 Å². The molecule has 1 atom stereocenters. The number of aromatic nitrogens is 1. The molecular formula is C15H14N2O2. The van der Waals surface area contributed by atoms with Crippen LogP contribution in [0.15, 0.2) is 52.3 Å². The van der Waals surface area contributed by atoms with Crippen molar-refractivity contribution < 1.29 is 9.15 Å². The normalized spacial score (nSPS) is 18.4. The summed E-state index contributed by atoms with van der Waals surface area (Å²) in [6.07, 6.45) is 7.77. The molecule has 1 unspecified atom stereocenters. The maximum atomic E-state index is 5.39. The number of aliphatic imine (C=N–C) groups is 1. The van der Waals surface area contributed by atoms with Gasteiger partial charge >= 0.3 is 0 Å². The van der Waals surface area contributed by atoms with Crippen molar-refractivity contribution in [3.63, 3.8) is 0 Å². The Morgan fingerprint density at radius 1 is 1.32 bits per heavy atom. The van der Waals surface area contributed by atoms with Gasteiger partial charge in [-0.25, -0.2) is 4.98 Å². The standard InChI is InChI=1S/C15H14N2O2/c1-18-15-13(6-3-7-17-15)11-4-2-5-12(8-11)14-9-16-10-19-14/h2,4-10,15H,3H2,1H3. The van der Waals surface area contributed by atoms with E-state index in [1.54, 1.807) is 13.3 Å². The molecule has 3 rings (SSSR count). The molecule has 0 saturated heterocycles. The van der Waals surface area contributed by atoms with Gasteiger partial charge in [0.15, 0.2) is 18.4 Å². The highest BCUT2D eigenvalue weighted by Gasteiger charge is 2.16. The third-order valence-corrected chi connectivity index (χ3v) is 3.09. The molecule has 1 aliphatic heterocycles. The molecule has 1 aliphatic rings. The molecule has 0 amide bonds. The quantitative estimate of drug-likeness (QED) is 0.845. The van der Waals surface area contributed by atoms with Crippen LogP contribution in [0, 0.1) is 0 Å². The molecule has 1 aromatic carbocycles. The summed E-state index contributed by atoms with van der Waals surface area (Å²) < 4.78 is 10.7. The van der Waals surface area contributed by atoms with Crippen LogP contribution in [0.1, 0.15) is 12.0 Å². The van der Waals surface area contributed by atoms with Crippen LogP contribution in [-0.4, -0.2) is 24.5 Å². The first-order valence-corrected chi connectivity index (χ1v) is 6.12. The number of hydrogen-bond donors (Lipinski definition) is 0. The molecular weight excluding hydrogens is 240 g/mol. The van der Waals surface area contributed by atoms with Crippen molar-refractivity contribution in [1.82, 2.24) is 4.98 Å². The number of dihydropyridines is 1. The highest BCUT2D eigenvalue weighted by atomic mass is 16.5. The fourth-order valence-corrected chi connectivity index (χ4v) is 2.18. The summed E-state index contributed by atoms with van der Waals surface area (Å²) >= 11 is 0. The van der Waals surface area contributed by atoms with Crippen LogP contribution >= 0.6 is 0 Å². The average Bonchev–Trinajstić information content (AvgIpc) is 3.01. The summed E-state index contributed by atoms with van der Waals surface area (Å²) in [5.74, 6) is 0.760. The van der Waals surface area contributed by atoms with Gasteiger partial charge in [0, 0.05) is 30.9 Å². The van der Waals surface area contributed by atoms with Gasteiger partial charge in [0.05, 0.1) is 6.20 Å². The van der Waals surface area contributed by atoms with Crippen LogP contribution in [0.25, 0.3) is 16.9 Å². The van der Waals surface area contributed by atoms with E-state index in [0.717, 1.165) is 28.9 Å². The number of benzene rings is 1. The second-order valence-electron chi connectivity index (χ2n) is 4.26. The Kier molecular flexibility index (Phi) is 3.25. The fourth-order valence-electron chi connectivity index (χ4n) is 2.18. The molecule has 0 aliphatic carbocycles. The lowest BCUT2D eigenvalue weighted by atomic mass is 9.99. The van der Waals surface area contributed by atoms with E-state index in [1.165, 1.54) is 6.39 Å². The summed E-state index contributed by atoms with van der Waals surface area (Å²) in [6, 6.07) is 8.12. The van der Waals surface area contributed by atoms with Crippen molar-refractivity contribution in [3.05, 3.63) is 48.5 Å². The number of ether oxygens (including phenoxy) is 1. The summed E-state index contributed by atoms with van der Waals surface area (Å²) in [5.41, 5.74) is 3.18. The number of methoxy groups -OCH3 is 1. The molecule has 0 N–H and O–H groups in total. The Morgan fingerprint density at radius 2 is 2.21 bits per heavy atom. The van der Waals surface area contributed by atoms with Crippen LogP contribution in [-0.2, 0) is 4.74 Å². The predicted octanol–water partition coefficient (Wildman–Crippen LogP) is 3.17. The van der Waals surface area contributed by atoms with Gasteiger partial charge < -0.3 is 9.15 Å². The second-order valence-corrected chi connectivity index (χ2v) is 4.26. The van der Waals surface area contributed by atoms with Gasteiger partial charge in [0.2, 0.25) is 0 Å². The van der Waals surface area contributed by atoms with Gasteiger partial charge in [-0.15, -0.1) is 0 Å². The maximum absolute atomic E-state index is 5.39. The number of allylic oxidation sites excluding steroid dienone is 1. The van der Waals surface area contributed by atoms with E-state index < -0.39 is 0 Å². The summed E-state index contributed by atoms with van der Waals surface area (Å²) in [5, 5.41) is 0. The molecule has 0 radical (unpaired) electrons. The zero-order valence-electron chi connectivity index (χ0n) is 10.6. The highest BCUT2D eigenvalue weighted by molar-refractivity contribution is 5.78. The Labute approximate surface area is 111 Å². The van der Waals surface area contributed by atoms with E-state index in [4.69, 9.17) is 9.15 Å². The predicted molar refractivity (Wildman–Crippen MR) is 73.8 cm³/mol. The Morgan fingerprint density at radius 3 is 3.00 bits per heavy atom. The van der Waals surface area contributed by atoms with Crippen molar-refractivity contribution in [1.29, 1.82) is 0 Å². The molecule has 0 saturated carbocycles. The first kappa shape index (κ1) is 11.9. The van der Waals surface area contributed by atoms with Crippen molar-refractivity contribution in [2.75, 3.05) is 7.11 Å². The van der Waals surface area contributed by atoms with Crippen LogP contribution < -0.4 is 0 Å². The number of rotatable bonds is 3. The topological polar surface area (TPSA) is 47.6 Å². The van der Waals surface area contributed by atoms with Gasteiger partial charge in [-0.2, -0.15) is 0 Å². The van der Waals surface area contributed by atoms with Gasteiger partial charge in [-0.3, -0.25) is 4.99 Å². The van der Waals surface area contributed by atoms with Crippen molar-refractivity contribution in [2.24, 2.45) is 4.99 Å². The molecule has 1 aromatic heterocycles. The van der Waals surface area contributed by atoms with E-state index in [1.807, 2.05) is 18.3 Å². The van der Waals surface area contributed by atoms with Gasteiger partial charge in [-0.05, 0) is 11.6 Å². The van der Waals surface area contributed by atoms with Crippen molar-refractivity contribution in [3.8, 4) is 11.3 Å². The average molecular weight is 254 g/mol. The number of oxazole rings is 1. The molecule has 4 nitrogen and oxygen atoms in total. The smallest absolute Gasteiger partial charge is 0.181 e. The lowest BCUT2D eigenvalue weighted by molar-refractivity contribution is 0.155. The number of nitrogens with zero attached hydrogens (tertiary/aromatic N) is 2. The van der Waals surface area contributed by atoms with Gasteiger partial charge in [0.25, 0.3) is 0 Å². The van der Waals surface area contributed by atoms with E-state index in [-0.39, 0.29) is 6.23 Å². The fraction of sp³-hybridized carbons (Fsp3) is 0.200. The molecule has 2 aromatic rings. The second kappa shape index (κ2) is 5.20. The summed E-state index contributed by atoms with van der Waals surface area (Å²) in [6.45, 7) is 0. The van der Waals surface area contributed by atoms with Crippen LogP contribution in [0.3, 0.4) is 0 Å². The third-order valence-electron chi connectivity index (χ3n) is 3.09. The Balaban J connectivity index is 1.98. The molecule has 2 heterocycles. The molecule has 0 spiro atoms. The van der Waals surface area contributed by atoms with Crippen molar-refractivity contribution >= 4 is 11.8 Å². The monoisotopic (exact) mass is 254 g/mol. The Bertz CT molecular complexity index is 615. The first-order chi connectivity index (χ1) is 9.38. The zero-order chi connectivity index (χ0) is 13.1. The largest absolute Gasteiger partial charge is 0.444 e. The van der Waals surface area contributed by atoms with Gasteiger partial charge in [-0.1, -0.05) is 24.3 Å². The lowest BCUT2D eigenvalue weighted by Gasteiger charge is -2.18. The van der Waals surface area contributed by atoms with Crippen LogP contribution in [0.5, 0.6) is 0 Å².